The highest BCUT2D eigenvalue weighted by molar-refractivity contribution is 9.10. The fraction of sp³-hybridized carbons (Fsp3) is 0.429. The van der Waals surface area contributed by atoms with Crippen molar-refractivity contribution >= 4 is 32.8 Å². The number of benzene rings is 1. The number of rotatable bonds is 1. The first kappa shape index (κ1) is 13.6. The Balaban J connectivity index is 2.24. The Morgan fingerprint density at radius 1 is 1.30 bits per heavy atom. The minimum Gasteiger partial charge on any atom is -0.340 e. The van der Waals surface area contributed by atoms with Gasteiger partial charge in [-0.15, -0.1) is 0 Å². The second kappa shape index (κ2) is 5.18. The molecule has 5 nitrogen and oxygen atoms in total. The molecule has 1 aliphatic rings. The molecule has 0 unspecified atom stereocenters. The van der Waals surface area contributed by atoms with E-state index in [4.69, 9.17) is 4.98 Å². The maximum Gasteiger partial charge on any atom is 0.262 e. The summed E-state index contributed by atoms with van der Waals surface area (Å²) in [5.41, 5.74) is 1.80. The number of nitrogens with zero attached hydrogens (tertiary/aromatic N) is 3. The van der Waals surface area contributed by atoms with Crippen LogP contribution in [0.1, 0.15) is 5.56 Å². The molecule has 20 heavy (non-hydrogen) atoms. The third kappa shape index (κ3) is 2.23. The predicted octanol–water partition coefficient (Wildman–Crippen LogP) is 1.41. The van der Waals surface area contributed by atoms with Gasteiger partial charge in [-0.2, -0.15) is 0 Å². The SMILES string of the molecule is Cc1cc(Br)c2nc(N3CCNCC3)n(C)c(=O)c2c1. The van der Waals surface area contributed by atoms with Crippen molar-refractivity contribution in [3.63, 3.8) is 0 Å². The van der Waals surface area contributed by atoms with Crippen LogP contribution in [0.25, 0.3) is 10.9 Å². The molecule has 1 saturated heterocycles. The molecule has 3 rings (SSSR count). The minimum absolute atomic E-state index is 0.00735. The molecule has 0 saturated carbocycles. The highest BCUT2D eigenvalue weighted by Crippen LogP contribution is 2.24. The number of hydrogen-bond acceptors (Lipinski definition) is 4. The third-order valence-corrected chi connectivity index (χ3v) is 4.26. The maximum absolute atomic E-state index is 12.6. The van der Waals surface area contributed by atoms with E-state index in [1.807, 2.05) is 19.1 Å². The van der Waals surface area contributed by atoms with Gasteiger partial charge in [0.25, 0.3) is 5.56 Å². The van der Waals surface area contributed by atoms with E-state index in [1.54, 1.807) is 11.6 Å². The molecular weight excluding hydrogens is 320 g/mol. The molecule has 0 atom stereocenters. The lowest BCUT2D eigenvalue weighted by atomic mass is 10.2. The van der Waals surface area contributed by atoms with Gasteiger partial charge in [0.1, 0.15) is 0 Å². The van der Waals surface area contributed by atoms with Crippen molar-refractivity contribution in [2.75, 3.05) is 31.1 Å². The number of anilines is 1. The van der Waals surface area contributed by atoms with Gasteiger partial charge < -0.3 is 10.2 Å². The van der Waals surface area contributed by atoms with E-state index in [-0.39, 0.29) is 5.56 Å². The van der Waals surface area contributed by atoms with E-state index in [0.29, 0.717) is 5.39 Å². The van der Waals surface area contributed by atoms with Crippen LogP contribution in [-0.2, 0) is 7.05 Å². The van der Waals surface area contributed by atoms with E-state index in [0.717, 1.165) is 47.7 Å². The number of nitrogens with one attached hydrogen (secondary N) is 1. The van der Waals surface area contributed by atoms with Crippen molar-refractivity contribution in [1.29, 1.82) is 0 Å². The molecule has 0 spiro atoms. The Morgan fingerprint density at radius 2 is 2.00 bits per heavy atom. The lowest BCUT2D eigenvalue weighted by Crippen LogP contribution is -2.45. The van der Waals surface area contributed by atoms with Gasteiger partial charge in [0, 0.05) is 37.7 Å². The number of halogens is 1. The van der Waals surface area contributed by atoms with Crippen molar-refractivity contribution in [2.24, 2.45) is 7.05 Å². The topological polar surface area (TPSA) is 50.2 Å². The monoisotopic (exact) mass is 336 g/mol. The summed E-state index contributed by atoms with van der Waals surface area (Å²) in [5.74, 6) is 0.744. The Kier molecular flexibility index (Phi) is 3.52. The fourth-order valence-corrected chi connectivity index (χ4v) is 3.27. The smallest absolute Gasteiger partial charge is 0.262 e. The van der Waals surface area contributed by atoms with E-state index in [2.05, 4.69) is 26.1 Å². The molecule has 1 aliphatic heterocycles. The largest absolute Gasteiger partial charge is 0.340 e. The van der Waals surface area contributed by atoms with Crippen molar-refractivity contribution < 1.29 is 0 Å². The van der Waals surface area contributed by atoms with Crippen molar-refractivity contribution in [3.05, 3.63) is 32.5 Å². The van der Waals surface area contributed by atoms with Crippen molar-refractivity contribution in [2.45, 2.75) is 6.92 Å². The number of aromatic nitrogens is 2. The zero-order valence-corrected chi connectivity index (χ0v) is 13.2. The van der Waals surface area contributed by atoms with E-state index < -0.39 is 0 Å². The van der Waals surface area contributed by atoms with E-state index in [9.17, 15) is 4.79 Å². The molecule has 1 aromatic carbocycles. The standard InChI is InChI=1S/C14H17BrN4O/c1-9-7-10-12(11(15)8-9)17-14(18(2)13(10)20)19-5-3-16-4-6-19/h7-8,16H,3-6H2,1-2H3. The van der Waals surface area contributed by atoms with Gasteiger partial charge in [-0.25, -0.2) is 4.98 Å². The van der Waals surface area contributed by atoms with Crippen LogP contribution < -0.4 is 15.8 Å². The molecule has 1 aromatic heterocycles. The second-order valence-corrected chi connectivity index (χ2v) is 6.01. The Bertz CT molecular complexity index is 719. The first-order chi connectivity index (χ1) is 9.58. The molecule has 0 radical (unpaired) electrons. The van der Waals surface area contributed by atoms with Crippen LogP contribution in [0.15, 0.2) is 21.4 Å². The number of hydrogen-bond donors (Lipinski definition) is 1. The molecule has 2 heterocycles. The summed E-state index contributed by atoms with van der Waals surface area (Å²) in [6, 6.07) is 3.90. The Labute approximate surface area is 125 Å². The number of piperazine rings is 1. The fourth-order valence-electron chi connectivity index (χ4n) is 2.61. The van der Waals surface area contributed by atoms with Gasteiger partial charge in [-0.3, -0.25) is 9.36 Å². The average Bonchev–Trinajstić information content (AvgIpc) is 2.44. The molecule has 106 valence electrons. The molecule has 0 aliphatic carbocycles. The average molecular weight is 337 g/mol. The Morgan fingerprint density at radius 3 is 2.70 bits per heavy atom. The molecule has 6 heteroatoms. The summed E-state index contributed by atoms with van der Waals surface area (Å²) in [7, 11) is 1.79. The highest BCUT2D eigenvalue weighted by atomic mass is 79.9. The number of aryl methyl sites for hydroxylation is 1. The summed E-state index contributed by atoms with van der Waals surface area (Å²) in [6.45, 7) is 5.56. The van der Waals surface area contributed by atoms with Gasteiger partial charge in [0.05, 0.1) is 10.9 Å². The van der Waals surface area contributed by atoms with Gasteiger partial charge in [-0.1, -0.05) is 0 Å². The zero-order chi connectivity index (χ0) is 14.3. The molecule has 0 amide bonds. The van der Waals surface area contributed by atoms with Crippen LogP contribution in [0.5, 0.6) is 0 Å². The van der Waals surface area contributed by atoms with Crippen molar-refractivity contribution in [1.82, 2.24) is 14.9 Å². The molecular formula is C14H17BrN4O. The van der Waals surface area contributed by atoms with Gasteiger partial charge >= 0.3 is 0 Å². The van der Waals surface area contributed by atoms with Crippen LogP contribution in [0.3, 0.4) is 0 Å². The van der Waals surface area contributed by atoms with Gasteiger partial charge in [0.2, 0.25) is 5.95 Å². The highest BCUT2D eigenvalue weighted by Gasteiger charge is 2.18. The molecule has 1 fully saturated rings. The zero-order valence-electron chi connectivity index (χ0n) is 11.6. The quantitative estimate of drug-likeness (QED) is 0.855. The molecule has 2 aromatic rings. The molecule has 0 bridgehead atoms. The van der Waals surface area contributed by atoms with Gasteiger partial charge in [0.15, 0.2) is 0 Å². The van der Waals surface area contributed by atoms with Crippen LogP contribution >= 0.6 is 15.9 Å². The Hall–Kier alpha value is -1.40. The normalized spacial score (nSPS) is 15.8. The maximum atomic E-state index is 12.6. The molecule has 1 N–H and O–H groups in total. The van der Waals surface area contributed by atoms with E-state index >= 15 is 0 Å². The summed E-state index contributed by atoms with van der Waals surface area (Å²) < 4.78 is 2.53. The van der Waals surface area contributed by atoms with Gasteiger partial charge in [-0.05, 0) is 40.5 Å². The summed E-state index contributed by atoms with van der Waals surface area (Å²) >= 11 is 3.52. The lowest BCUT2D eigenvalue weighted by Gasteiger charge is -2.29. The van der Waals surface area contributed by atoms with Crippen LogP contribution in [0.2, 0.25) is 0 Å². The predicted molar refractivity (Wildman–Crippen MR) is 84.5 cm³/mol. The lowest BCUT2D eigenvalue weighted by molar-refractivity contribution is 0.570. The third-order valence-electron chi connectivity index (χ3n) is 3.65. The van der Waals surface area contributed by atoms with Crippen LogP contribution in [-0.4, -0.2) is 35.7 Å². The van der Waals surface area contributed by atoms with Crippen molar-refractivity contribution in [3.8, 4) is 0 Å². The van der Waals surface area contributed by atoms with Crippen LogP contribution in [0, 0.1) is 6.92 Å². The minimum atomic E-state index is 0.00735. The number of fused-ring (bicyclic) bond motifs is 1. The summed E-state index contributed by atoms with van der Waals surface area (Å²) in [5, 5.41) is 3.97. The first-order valence-corrected chi connectivity index (χ1v) is 7.50. The summed E-state index contributed by atoms with van der Waals surface area (Å²) in [6.07, 6.45) is 0. The summed E-state index contributed by atoms with van der Waals surface area (Å²) in [4.78, 5) is 19.4. The van der Waals surface area contributed by atoms with Crippen LogP contribution in [0.4, 0.5) is 5.95 Å². The van der Waals surface area contributed by atoms with E-state index in [1.165, 1.54) is 0 Å². The second-order valence-electron chi connectivity index (χ2n) is 5.16. The first-order valence-electron chi connectivity index (χ1n) is 6.70.